The summed E-state index contributed by atoms with van der Waals surface area (Å²) in [5, 5.41) is 11.8. The Hall–Kier alpha value is -1.86. The number of amides is 2. The number of nitrogens with zero attached hydrogens (tertiary/aromatic N) is 1. The van der Waals surface area contributed by atoms with E-state index in [1.54, 1.807) is 13.3 Å². The van der Waals surface area contributed by atoms with Gasteiger partial charge in [0.05, 0.1) is 18.5 Å². The summed E-state index contributed by atoms with van der Waals surface area (Å²) in [6, 6.07) is 5.22. The second kappa shape index (κ2) is 6.35. The number of H-pyrrole nitrogens is 1. The summed E-state index contributed by atoms with van der Waals surface area (Å²) in [5.74, 6) is 0. The first kappa shape index (κ1) is 13.6. The zero-order valence-corrected chi connectivity index (χ0v) is 11.8. The number of ether oxygens (including phenoxy) is 1. The number of rotatable bonds is 4. The standard InChI is InChI=1S/C12H13BrN4O2/c1-19-7-9-10(13)3-2-4-11(9)17-12(18)16-8-5-14-15-6-8/h2-6H,7H2,1H3,(H,14,15)(H2,16,17,18). The molecule has 7 heteroatoms. The number of anilines is 2. The van der Waals surface area contributed by atoms with Crippen LogP contribution >= 0.6 is 15.9 Å². The predicted molar refractivity (Wildman–Crippen MR) is 76.1 cm³/mol. The number of methoxy groups -OCH3 is 1. The van der Waals surface area contributed by atoms with Gasteiger partial charge in [-0.15, -0.1) is 0 Å². The van der Waals surface area contributed by atoms with Crippen LogP contribution in [0.15, 0.2) is 35.1 Å². The molecule has 19 heavy (non-hydrogen) atoms. The van der Waals surface area contributed by atoms with Crippen LogP contribution < -0.4 is 10.6 Å². The van der Waals surface area contributed by atoms with Crippen LogP contribution in [0.1, 0.15) is 5.56 Å². The van der Waals surface area contributed by atoms with Gasteiger partial charge in [0, 0.05) is 29.0 Å². The second-order valence-electron chi connectivity index (χ2n) is 3.77. The minimum atomic E-state index is -0.336. The lowest BCUT2D eigenvalue weighted by Crippen LogP contribution is -2.20. The van der Waals surface area contributed by atoms with Gasteiger partial charge in [0.2, 0.25) is 0 Å². The van der Waals surface area contributed by atoms with Gasteiger partial charge in [0.25, 0.3) is 0 Å². The molecule has 1 aromatic heterocycles. The molecule has 0 aliphatic heterocycles. The fraction of sp³-hybridized carbons (Fsp3) is 0.167. The number of halogens is 1. The number of aromatic amines is 1. The molecule has 0 saturated carbocycles. The number of aromatic nitrogens is 2. The van der Waals surface area contributed by atoms with Crippen LogP contribution in [0.3, 0.4) is 0 Å². The molecule has 0 fully saturated rings. The first-order valence-electron chi connectivity index (χ1n) is 5.54. The third-order valence-electron chi connectivity index (χ3n) is 2.41. The molecular formula is C12H13BrN4O2. The number of carbonyl (C=O) groups excluding carboxylic acids is 1. The maximum atomic E-state index is 11.8. The van der Waals surface area contributed by atoms with Gasteiger partial charge in [0.15, 0.2) is 0 Å². The van der Waals surface area contributed by atoms with Gasteiger partial charge in [0.1, 0.15) is 0 Å². The van der Waals surface area contributed by atoms with E-state index < -0.39 is 0 Å². The normalized spacial score (nSPS) is 10.2. The molecule has 2 amide bonds. The van der Waals surface area contributed by atoms with Crippen molar-refractivity contribution in [2.45, 2.75) is 6.61 Å². The van der Waals surface area contributed by atoms with Gasteiger partial charge in [-0.1, -0.05) is 22.0 Å². The highest BCUT2D eigenvalue weighted by Crippen LogP contribution is 2.25. The molecule has 0 spiro atoms. The Balaban J connectivity index is 2.10. The third-order valence-corrected chi connectivity index (χ3v) is 3.15. The molecule has 3 N–H and O–H groups in total. The van der Waals surface area contributed by atoms with Crippen molar-refractivity contribution in [2.75, 3.05) is 17.7 Å². The molecule has 0 unspecified atom stereocenters. The van der Waals surface area contributed by atoms with Crippen molar-refractivity contribution in [3.63, 3.8) is 0 Å². The zero-order chi connectivity index (χ0) is 13.7. The van der Waals surface area contributed by atoms with Crippen LogP contribution in [0.4, 0.5) is 16.2 Å². The van der Waals surface area contributed by atoms with E-state index in [4.69, 9.17) is 4.74 Å². The van der Waals surface area contributed by atoms with Crippen molar-refractivity contribution in [1.29, 1.82) is 0 Å². The largest absolute Gasteiger partial charge is 0.380 e. The summed E-state index contributed by atoms with van der Waals surface area (Å²) in [6.45, 7) is 0.406. The van der Waals surface area contributed by atoms with Crippen molar-refractivity contribution in [3.05, 3.63) is 40.6 Å². The van der Waals surface area contributed by atoms with Crippen molar-refractivity contribution < 1.29 is 9.53 Å². The van der Waals surface area contributed by atoms with Gasteiger partial charge in [-0.2, -0.15) is 5.10 Å². The Kier molecular flexibility index (Phi) is 4.53. The van der Waals surface area contributed by atoms with Crippen molar-refractivity contribution >= 4 is 33.3 Å². The van der Waals surface area contributed by atoms with Crippen LogP contribution in [0.25, 0.3) is 0 Å². The number of nitrogens with one attached hydrogen (secondary N) is 3. The Labute approximate surface area is 118 Å². The van der Waals surface area contributed by atoms with Crippen LogP contribution in [-0.2, 0) is 11.3 Å². The summed E-state index contributed by atoms with van der Waals surface area (Å²) in [4.78, 5) is 11.8. The molecule has 0 aliphatic carbocycles. The molecule has 0 bridgehead atoms. The topological polar surface area (TPSA) is 79.0 Å². The maximum Gasteiger partial charge on any atom is 0.323 e. The van der Waals surface area contributed by atoms with Crippen molar-refractivity contribution in [1.82, 2.24) is 10.2 Å². The van der Waals surface area contributed by atoms with Crippen LogP contribution in [0.2, 0.25) is 0 Å². The first-order valence-corrected chi connectivity index (χ1v) is 6.33. The summed E-state index contributed by atoms with van der Waals surface area (Å²) in [6.07, 6.45) is 3.12. The molecule has 100 valence electrons. The minimum absolute atomic E-state index is 0.336. The van der Waals surface area contributed by atoms with E-state index in [1.165, 1.54) is 6.20 Å². The lowest BCUT2D eigenvalue weighted by molar-refractivity contribution is 0.185. The molecule has 1 heterocycles. The Morgan fingerprint density at radius 1 is 1.47 bits per heavy atom. The molecule has 0 radical (unpaired) electrons. The fourth-order valence-electron chi connectivity index (χ4n) is 1.57. The maximum absolute atomic E-state index is 11.8. The minimum Gasteiger partial charge on any atom is -0.380 e. The average molecular weight is 325 g/mol. The molecule has 6 nitrogen and oxygen atoms in total. The van der Waals surface area contributed by atoms with Gasteiger partial charge in [-0.05, 0) is 12.1 Å². The lowest BCUT2D eigenvalue weighted by atomic mass is 10.2. The van der Waals surface area contributed by atoms with E-state index >= 15 is 0 Å². The van der Waals surface area contributed by atoms with E-state index in [0.29, 0.717) is 18.0 Å². The molecule has 0 aliphatic rings. The third kappa shape index (κ3) is 3.55. The van der Waals surface area contributed by atoms with Crippen LogP contribution in [-0.4, -0.2) is 23.3 Å². The highest BCUT2D eigenvalue weighted by molar-refractivity contribution is 9.10. The Morgan fingerprint density at radius 2 is 2.32 bits per heavy atom. The Bertz CT molecular complexity index is 557. The molecule has 0 saturated heterocycles. The quantitative estimate of drug-likeness (QED) is 0.808. The van der Waals surface area contributed by atoms with E-state index in [9.17, 15) is 4.79 Å². The molecule has 0 atom stereocenters. The number of urea groups is 1. The summed E-state index contributed by atoms with van der Waals surface area (Å²) in [7, 11) is 1.61. The summed E-state index contributed by atoms with van der Waals surface area (Å²) >= 11 is 3.43. The van der Waals surface area contributed by atoms with Gasteiger partial charge in [-0.25, -0.2) is 4.79 Å². The summed E-state index contributed by atoms with van der Waals surface area (Å²) in [5.41, 5.74) is 2.17. The van der Waals surface area contributed by atoms with Gasteiger partial charge < -0.3 is 15.4 Å². The summed E-state index contributed by atoms with van der Waals surface area (Å²) < 4.78 is 6.00. The molecule has 1 aromatic carbocycles. The van der Waals surface area contributed by atoms with E-state index in [0.717, 1.165) is 10.0 Å². The highest BCUT2D eigenvalue weighted by Gasteiger charge is 2.10. The number of hydrogen-bond acceptors (Lipinski definition) is 3. The molecule has 2 aromatic rings. The molecular weight excluding hydrogens is 312 g/mol. The zero-order valence-electron chi connectivity index (χ0n) is 10.2. The van der Waals surface area contributed by atoms with E-state index in [-0.39, 0.29) is 6.03 Å². The monoisotopic (exact) mass is 324 g/mol. The van der Waals surface area contributed by atoms with Crippen LogP contribution in [0, 0.1) is 0 Å². The average Bonchev–Trinajstić information content (AvgIpc) is 2.86. The number of hydrogen-bond donors (Lipinski definition) is 3. The van der Waals surface area contributed by atoms with Crippen molar-refractivity contribution in [3.8, 4) is 0 Å². The smallest absolute Gasteiger partial charge is 0.323 e. The van der Waals surface area contributed by atoms with Gasteiger partial charge in [-0.3, -0.25) is 5.10 Å². The van der Waals surface area contributed by atoms with Crippen molar-refractivity contribution in [2.24, 2.45) is 0 Å². The van der Waals surface area contributed by atoms with E-state index in [2.05, 4.69) is 36.8 Å². The predicted octanol–water partition coefficient (Wildman–Crippen LogP) is 2.96. The van der Waals surface area contributed by atoms with Crippen LogP contribution in [0.5, 0.6) is 0 Å². The van der Waals surface area contributed by atoms with E-state index in [1.807, 2.05) is 18.2 Å². The first-order chi connectivity index (χ1) is 9.20. The molecule has 2 rings (SSSR count). The lowest BCUT2D eigenvalue weighted by Gasteiger charge is -2.12. The highest BCUT2D eigenvalue weighted by atomic mass is 79.9. The number of carbonyl (C=O) groups is 1. The second-order valence-corrected chi connectivity index (χ2v) is 4.62. The number of benzene rings is 1. The fourth-order valence-corrected chi connectivity index (χ4v) is 2.05. The Morgan fingerprint density at radius 3 is 3.00 bits per heavy atom. The van der Waals surface area contributed by atoms with Gasteiger partial charge >= 0.3 is 6.03 Å². The SMILES string of the molecule is COCc1c(Br)cccc1NC(=O)Nc1cn[nH]c1.